The topological polar surface area (TPSA) is 57.0 Å². The number of halogens is 1. The molecule has 1 saturated heterocycles. The number of rotatable bonds is 3. The lowest BCUT2D eigenvalue weighted by Gasteiger charge is -2.19. The fourth-order valence-corrected chi connectivity index (χ4v) is 3.38. The van der Waals surface area contributed by atoms with Crippen LogP contribution in [0.15, 0.2) is 30.3 Å². The second kappa shape index (κ2) is 5.85. The monoisotopic (exact) mass is 315 g/mol. The van der Waals surface area contributed by atoms with Crippen LogP contribution in [0.1, 0.15) is 53.5 Å². The number of hydrogen-bond acceptors (Lipinski definition) is 4. The summed E-state index contributed by atoms with van der Waals surface area (Å²) in [6.07, 6.45) is 0.516. The van der Waals surface area contributed by atoms with E-state index in [-0.39, 0.29) is 29.4 Å². The molecule has 2 atom stereocenters. The summed E-state index contributed by atoms with van der Waals surface area (Å²) in [5.74, 6) is 0.221. The molecule has 6 heteroatoms. The summed E-state index contributed by atoms with van der Waals surface area (Å²) in [4.78, 5) is 16.7. The summed E-state index contributed by atoms with van der Waals surface area (Å²) in [7, 11) is 0. The van der Waals surface area contributed by atoms with Crippen molar-refractivity contribution < 1.29 is 13.9 Å². The molecule has 0 saturated carbocycles. The number of ketones is 1. The van der Waals surface area contributed by atoms with Gasteiger partial charge < -0.3 is 4.74 Å². The zero-order chi connectivity index (χ0) is 15.8. The van der Waals surface area contributed by atoms with E-state index in [4.69, 9.17) is 4.74 Å². The van der Waals surface area contributed by atoms with Gasteiger partial charge in [-0.25, -0.2) is 14.1 Å². The van der Waals surface area contributed by atoms with Gasteiger partial charge >= 0.3 is 0 Å². The van der Waals surface area contributed by atoms with Crippen molar-refractivity contribution in [3.8, 4) is 0 Å². The van der Waals surface area contributed by atoms with Crippen molar-refractivity contribution in [3.63, 3.8) is 0 Å². The summed E-state index contributed by atoms with van der Waals surface area (Å²) < 4.78 is 21.2. The number of hydrogen-bond donors (Lipinski definition) is 0. The Morgan fingerprint density at radius 3 is 2.70 bits per heavy atom. The number of carbonyl (C=O) groups is 1. The second-order valence-electron chi connectivity index (χ2n) is 6.12. The van der Waals surface area contributed by atoms with Crippen molar-refractivity contribution in [3.05, 3.63) is 47.5 Å². The minimum absolute atomic E-state index is 0.0887. The van der Waals surface area contributed by atoms with Crippen LogP contribution in [-0.2, 0) is 4.74 Å². The van der Waals surface area contributed by atoms with Gasteiger partial charge in [0, 0.05) is 25.6 Å². The predicted molar refractivity (Wildman–Crippen MR) is 80.9 cm³/mol. The van der Waals surface area contributed by atoms with Gasteiger partial charge in [-0.1, -0.05) is 30.3 Å². The van der Waals surface area contributed by atoms with Crippen LogP contribution in [0.5, 0.6) is 0 Å². The first-order valence-electron chi connectivity index (χ1n) is 8.01. The molecule has 3 heterocycles. The highest BCUT2D eigenvalue weighted by atomic mass is 19.1. The first-order chi connectivity index (χ1) is 11.2. The molecule has 1 aromatic heterocycles. The van der Waals surface area contributed by atoms with E-state index in [0.29, 0.717) is 32.5 Å². The summed E-state index contributed by atoms with van der Waals surface area (Å²) in [6, 6.07) is 9.48. The highest BCUT2D eigenvalue weighted by Crippen LogP contribution is 2.39. The van der Waals surface area contributed by atoms with Gasteiger partial charge in [-0.3, -0.25) is 4.79 Å². The Hall–Kier alpha value is -2.08. The van der Waals surface area contributed by atoms with Crippen molar-refractivity contribution in [1.82, 2.24) is 14.8 Å². The molecule has 2 aliphatic heterocycles. The lowest BCUT2D eigenvalue weighted by molar-refractivity contribution is 0.0537. The quantitative estimate of drug-likeness (QED) is 0.817. The standard InChI is InChI=1S/C17H18FN3O2/c18-13-10-14(11-4-2-1-3-5-11)21-17(13)19-16(20-21)15(22)12-6-8-23-9-7-12/h1-5,12-14H,6-10H2/t13-,14+/m1/s1. The van der Waals surface area contributed by atoms with Crippen molar-refractivity contribution in [2.24, 2.45) is 5.92 Å². The van der Waals surface area contributed by atoms with Crippen LogP contribution in [-0.4, -0.2) is 33.8 Å². The van der Waals surface area contributed by atoms with Crippen LogP contribution in [0.4, 0.5) is 4.39 Å². The van der Waals surface area contributed by atoms with Crippen molar-refractivity contribution >= 4 is 5.78 Å². The molecule has 0 spiro atoms. The third-order valence-corrected chi connectivity index (χ3v) is 4.66. The number of aromatic nitrogens is 3. The van der Waals surface area contributed by atoms with E-state index in [1.54, 1.807) is 4.68 Å². The Bertz CT molecular complexity index is 710. The van der Waals surface area contributed by atoms with Crippen LogP contribution in [0.2, 0.25) is 0 Å². The number of alkyl halides is 1. The summed E-state index contributed by atoms with van der Waals surface area (Å²) in [5, 5.41) is 4.35. The Morgan fingerprint density at radius 2 is 1.96 bits per heavy atom. The average molecular weight is 315 g/mol. The molecular weight excluding hydrogens is 297 g/mol. The molecule has 4 rings (SSSR count). The normalized spacial score (nSPS) is 24.6. The van der Waals surface area contributed by atoms with Crippen molar-refractivity contribution in [2.45, 2.75) is 31.5 Å². The van der Waals surface area contributed by atoms with E-state index >= 15 is 0 Å². The molecule has 0 bridgehead atoms. The van der Waals surface area contributed by atoms with E-state index in [1.807, 2.05) is 30.3 Å². The molecule has 23 heavy (non-hydrogen) atoms. The van der Waals surface area contributed by atoms with Gasteiger partial charge in [0.25, 0.3) is 0 Å². The molecule has 0 unspecified atom stereocenters. The number of nitrogens with zero attached hydrogens (tertiary/aromatic N) is 3. The molecule has 1 aromatic carbocycles. The van der Waals surface area contributed by atoms with Crippen LogP contribution < -0.4 is 0 Å². The maximum absolute atomic E-state index is 14.3. The van der Waals surface area contributed by atoms with Gasteiger partial charge in [0.05, 0.1) is 6.04 Å². The molecule has 5 nitrogen and oxygen atoms in total. The molecule has 0 amide bonds. The molecule has 0 N–H and O–H groups in total. The van der Waals surface area contributed by atoms with E-state index in [2.05, 4.69) is 10.1 Å². The summed E-state index contributed by atoms with van der Waals surface area (Å²) >= 11 is 0. The Balaban J connectivity index is 1.64. The minimum Gasteiger partial charge on any atom is -0.381 e. The molecule has 120 valence electrons. The van der Waals surface area contributed by atoms with Gasteiger partial charge in [-0.2, -0.15) is 0 Å². The lowest BCUT2D eigenvalue weighted by atomic mass is 9.95. The number of ether oxygens (including phenoxy) is 1. The molecule has 2 aliphatic rings. The lowest BCUT2D eigenvalue weighted by Crippen LogP contribution is -2.24. The van der Waals surface area contributed by atoms with Crippen molar-refractivity contribution in [1.29, 1.82) is 0 Å². The van der Waals surface area contributed by atoms with Crippen LogP contribution in [0.3, 0.4) is 0 Å². The predicted octanol–water partition coefficient (Wildman–Crippen LogP) is 2.89. The Labute approximate surface area is 133 Å². The van der Waals surface area contributed by atoms with Gasteiger partial charge in [0.15, 0.2) is 12.0 Å². The number of carbonyl (C=O) groups excluding carboxylic acids is 1. The third-order valence-electron chi connectivity index (χ3n) is 4.66. The minimum atomic E-state index is -1.18. The van der Waals surface area contributed by atoms with Gasteiger partial charge in [0.1, 0.15) is 0 Å². The number of Topliss-reactive ketones (excluding diaryl/α,β-unsaturated/α-hetero) is 1. The molecule has 0 aliphatic carbocycles. The SMILES string of the molecule is O=C(c1nc2n(n1)[C@H](c1ccccc1)C[C@H]2F)C1CCOCC1. The van der Waals surface area contributed by atoms with Crippen LogP contribution >= 0.6 is 0 Å². The first kappa shape index (κ1) is 14.5. The van der Waals surface area contributed by atoms with E-state index in [9.17, 15) is 9.18 Å². The molecule has 1 fully saturated rings. The summed E-state index contributed by atoms with van der Waals surface area (Å²) in [6.45, 7) is 1.17. The van der Waals surface area contributed by atoms with Gasteiger partial charge in [0.2, 0.25) is 11.6 Å². The van der Waals surface area contributed by atoms with Crippen LogP contribution in [0, 0.1) is 5.92 Å². The highest BCUT2D eigenvalue weighted by Gasteiger charge is 2.37. The average Bonchev–Trinajstić information content (AvgIpc) is 3.17. The number of benzene rings is 1. The molecule has 0 radical (unpaired) electrons. The van der Waals surface area contributed by atoms with E-state index in [1.165, 1.54) is 0 Å². The first-order valence-corrected chi connectivity index (χ1v) is 8.01. The Morgan fingerprint density at radius 1 is 1.22 bits per heavy atom. The maximum Gasteiger partial charge on any atom is 0.217 e. The third kappa shape index (κ3) is 2.57. The van der Waals surface area contributed by atoms with E-state index < -0.39 is 6.17 Å². The Kier molecular flexibility index (Phi) is 3.69. The fourth-order valence-electron chi connectivity index (χ4n) is 3.38. The highest BCUT2D eigenvalue weighted by molar-refractivity contribution is 5.94. The summed E-state index contributed by atoms with van der Waals surface area (Å²) in [5.41, 5.74) is 0.990. The van der Waals surface area contributed by atoms with Crippen molar-refractivity contribution in [2.75, 3.05) is 13.2 Å². The van der Waals surface area contributed by atoms with Gasteiger partial charge in [-0.15, -0.1) is 5.10 Å². The zero-order valence-electron chi connectivity index (χ0n) is 12.7. The maximum atomic E-state index is 14.3. The fraction of sp³-hybridized carbons (Fsp3) is 0.471. The second-order valence-corrected chi connectivity index (χ2v) is 6.12. The smallest absolute Gasteiger partial charge is 0.217 e. The van der Waals surface area contributed by atoms with E-state index in [0.717, 1.165) is 5.56 Å². The van der Waals surface area contributed by atoms with Gasteiger partial charge in [-0.05, 0) is 18.4 Å². The largest absolute Gasteiger partial charge is 0.381 e. The molecule has 2 aromatic rings. The number of fused-ring (bicyclic) bond motifs is 1. The van der Waals surface area contributed by atoms with Crippen LogP contribution in [0.25, 0.3) is 0 Å². The molecular formula is C17H18FN3O2. The zero-order valence-corrected chi connectivity index (χ0v) is 12.7.